The summed E-state index contributed by atoms with van der Waals surface area (Å²) in [5, 5.41) is 12.6. The number of likely N-dealkylation sites (tertiary alicyclic amines) is 2. The fourth-order valence-electron chi connectivity index (χ4n) is 8.60. The highest BCUT2D eigenvalue weighted by atomic mass is 19.1. The van der Waals surface area contributed by atoms with E-state index >= 15 is 0 Å². The minimum absolute atomic E-state index is 0.127. The highest BCUT2D eigenvalue weighted by molar-refractivity contribution is 5.93. The average Bonchev–Trinajstić information content (AvgIpc) is 4.01. The number of carbonyl (C=O) groups is 4. The quantitative estimate of drug-likeness (QED) is 0.113. The topological polar surface area (TPSA) is 156 Å². The van der Waals surface area contributed by atoms with E-state index in [2.05, 4.69) is 26.3 Å². The summed E-state index contributed by atoms with van der Waals surface area (Å²) >= 11 is 0. The van der Waals surface area contributed by atoms with Crippen molar-refractivity contribution in [1.29, 1.82) is 0 Å². The van der Waals surface area contributed by atoms with Crippen LogP contribution in [0.3, 0.4) is 0 Å². The number of aromatic nitrogens is 3. The first kappa shape index (κ1) is 43.7. The lowest BCUT2D eigenvalue weighted by Crippen LogP contribution is -2.58. The number of likely N-dealkylation sites (N-methyl/N-ethyl adjacent to an activating group) is 2. The molecule has 6 atom stereocenters. The number of carbonyl (C=O) groups excluding carboxylic acids is 4. The van der Waals surface area contributed by atoms with E-state index in [-0.39, 0.29) is 35.7 Å². The van der Waals surface area contributed by atoms with Crippen molar-refractivity contribution in [2.45, 2.75) is 129 Å². The Hall–Kier alpha value is -4.89. The maximum atomic E-state index is 14.8. The summed E-state index contributed by atoms with van der Waals surface area (Å²) in [5.41, 5.74) is 2.56. The number of fused-ring (bicyclic) bond motifs is 2. The molecule has 2 aliphatic rings. The highest BCUT2D eigenvalue weighted by Crippen LogP contribution is 2.37. The molecule has 2 aromatic heterocycles. The van der Waals surface area contributed by atoms with Crippen LogP contribution in [0.4, 0.5) is 8.78 Å². The van der Waals surface area contributed by atoms with E-state index in [1.54, 1.807) is 40.1 Å². The van der Waals surface area contributed by atoms with Crippen LogP contribution >= 0.6 is 0 Å². The average molecular weight is 818 g/mol. The summed E-state index contributed by atoms with van der Waals surface area (Å²) in [5.74, 6) is -1.15. The molecule has 15 heteroatoms. The van der Waals surface area contributed by atoms with E-state index in [0.29, 0.717) is 73.4 Å². The Bertz CT molecular complexity index is 2180. The van der Waals surface area contributed by atoms with Crippen molar-refractivity contribution in [3.8, 4) is 11.5 Å². The van der Waals surface area contributed by atoms with Crippen molar-refractivity contribution in [2.24, 2.45) is 5.41 Å². The minimum atomic E-state index is -0.774. The first-order valence-corrected chi connectivity index (χ1v) is 21.1. The Morgan fingerprint density at radius 1 is 0.864 bits per heavy atom. The Kier molecular flexibility index (Phi) is 13.4. The molecule has 0 radical (unpaired) electrons. The van der Waals surface area contributed by atoms with Gasteiger partial charge in [0.1, 0.15) is 23.7 Å². The molecule has 320 valence electrons. The third-order valence-corrected chi connectivity index (χ3v) is 12.2. The molecule has 0 bridgehead atoms. The number of hydrogen-bond donors (Lipinski definition) is 5. The van der Waals surface area contributed by atoms with Crippen LogP contribution in [0.25, 0.3) is 33.5 Å². The van der Waals surface area contributed by atoms with Crippen LogP contribution in [0.15, 0.2) is 36.4 Å². The van der Waals surface area contributed by atoms with Crippen molar-refractivity contribution in [2.75, 3.05) is 27.2 Å². The lowest BCUT2D eigenvalue weighted by molar-refractivity contribution is -0.140. The van der Waals surface area contributed by atoms with Crippen LogP contribution in [0.1, 0.15) is 85.6 Å². The van der Waals surface area contributed by atoms with E-state index in [9.17, 15) is 28.0 Å². The van der Waals surface area contributed by atoms with Gasteiger partial charge in [0.25, 0.3) is 0 Å². The Morgan fingerprint density at radius 3 is 2.12 bits per heavy atom. The van der Waals surface area contributed by atoms with Gasteiger partial charge in [0.05, 0.1) is 28.8 Å². The monoisotopic (exact) mass is 817 g/mol. The highest BCUT2D eigenvalue weighted by Gasteiger charge is 2.41. The summed E-state index contributed by atoms with van der Waals surface area (Å²) in [7, 11) is 3.40. The number of H-pyrrole nitrogens is 1. The normalized spacial score (nSPS) is 19.3. The first-order chi connectivity index (χ1) is 28.1. The summed E-state index contributed by atoms with van der Waals surface area (Å²) in [6.45, 7) is 12.7. The Labute approximate surface area is 345 Å². The number of hydrogen-bond acceptors (Lipinski definition) is 7. The zero-order valence-corrected chi connectivity index (χ0v) is 35.7. The molecule has 0 saturated carbocycles. The van der Waals surface area contributed by atoms with Crippen LogP contribution < -0.4 is 21.3 Å². The minimum Gasteiger partial charge on any atom is -0.352 e. The molecular weight excluding hydrogens is 757 g/mol. The maximum absolute atomic E-state index is 14.8. The second-order valence-electron chi connectivity index (χ2n) is 17.4. The number of benzene rings is 2. The molecule has 4 amide bonds. The van der Waals surface area contributed by atoms with E-state index in [1.165, 1.54) is 24.3 Å². The van der Waals surface area contributed by atoms with Gasteiger partial charge in [0, 0.05) is 48.7 Å². The molecule has 0 spiro atoms. The predicted octanol–water partition coefficient (Wildman–Crippen LogP) is 5.02. The van der Waals surface area contributed by atoms with Crippen molar-refractivity contribution in [3.63, 3.8) is 0 Å². The predicted molar refractivity (Wildman–Crippen MR) is 225 cm³/mol. The standard InChI is InChI=1S/C44H61F2N9O4/c1-9-12-33(51-40(56)25(2)47-7)42(58)53-19-10-13-29(53)23-32-31-17-15-27(45)21-34(31)49-37(32)39-50-35-22-28(46)16-18-36(35)55(39)24-30-14-11-20-54(30)43(59)38(44(4,5)6)52-41(57)26(3)48-8/h15-18,21-22,25-26,29-30,33,38,47-49H,9-14,19-20,23-24H2,1-8H3,(H,51,56)(H,52,57)/t25-,26-,29-,30-,33-,38+/m0/s1. The van der Waals surface area contributed by atoms with Gasteiger partial charge in [0.15, 0.2) is 5.82 Å². The van der Waals surface area contributed by atoms with E-state index in [0.717, 1.165) is 30.2 Å². The summed E-state index contributed by atoms with van der Waals surface area (Å²) in [4.78, 5) is 66.8. The molecule has 2 fully saturated rings. The SMILES string of the molecule is CCC[C@H](NC(=O)[C@H](C)NC)C(=O)N1CCC[C@H]1Cc1c(-c2nc3cc(F)ccc3n2C[C@@H]2CCCN2C(=O)[C@@H](NC(=O)[C@H](C)NC)C(C)(C)C)[nH]c2cc(F)ccc12. The van der Waals surface area contributed by atoms with Crippen molar-refractivity contribution < 1.29 is 28.0 Å². The van der Waals surface area contributed by atoms with Gasteiger partial charge in [-0.15, -0.1) is 0 Å². The molecule has 2 saturated heterocycles. The number of aromatic amines is 1. The molecule has 4 aromatic rings. The zero-order valence-electron chi connectivity index (χ0n) is 35.7. The second-order valence-corrected chi connectivity index (χ2v) is 17.4. The fraction of sp³-hybridized carbons (Fsp3) is 0.568. The maximum Gasteiger partial charge on any atom is 0.246 e. The molecule has 6 rings (SSSR count). The van der Waals surface area contributed by atoms with Gasteiger partial charge < -0.3 is 40.6 Å². The lowest BCUT2D eigenvalue weighted by Gasteiger charge is -2.36. The molecule has 0 aliphatic carbocycles. The number of nitrogens with one attached hydrogen (secondary N) is 5. The molecule has 13 nitrogen and oxygen atoms in total. The third kappa shape index (κ3) is 9.30. The van der Waals surface area contributed by atoms with Crippen LogP contribution in [0.2, 0.25) is 0 Å². The first-order valence-electron chi connectivity index (χ1n) is 21.1. The van der Waals surface area contributed by atoms with E-state index in [4.69, 9.17) is 4.98 Å². The fourth-order valence-corrected chi connectivity index (χ4v) is 8.60. The summed E-state index contributed by atoms with van der Waals surface area (Å²) in [6, 6.07) is 6.19. The van der Waals surface area contributed by atoms with Crippen LogP contribution in [0, 0.1) is 17.0 Å². The molecule has 2 aromatic carbocycles. The van der Waals surface area contributed by atoms with Gasteiger partial charge in [-0.05, 0) is 108 Å². The van der Waals surface area contributed by atoms with Gasteiger partial charge in [0.2, 0.25) is 23.6 Å². The van der Waals surface area contributed by atoms with Crippen LogP contribution in [-0.2, 0) is 32.1 Å². The molecule has 2 aliphatic heterocycles. The van der Waals surface area contributed by atoms with E-state index < -0.39 is 41.2 Å². The number of amides is 4. The van der Waals surface area contributed by atoms with Crippen molar-refractivity contribution in [3.05, 3.63) is 53.6 Å². The Morgan fingerprint density at radius 2 is 1.47 bits per heavy atom. The number of halogens is 2. The van der Waals surface area contributed by atoms with E-state index in [1.807, 2.05) is 42.1 Å². The van der Waals surface area contributed by atoms with Gasteiger partial charge in [-0.1, -0.05) is 34.1 Å². The zero-order chi connectivity index (χ0) is 42.8. The smallest absolute Gasteiger partial charge is 0.246 e. The Balaban J connectivity index is 1.39. The largest absolute Gasteiger partial charge is 0.352 e. The summed E-state index contributed by atoms with van der Waals surface area (Å²) < 4.78 is 31.7. The number of rotatable bonds is 15. The van der Waals surface area contributed by atoms with Gasteiger partial charge in [-0.2, -0.15) is 0 Å². The van der Waals surface area contributed by atoms with Crippen LogP contribution in [0.5, 0.6) is 0 Å². The van der Waals surface area contributed by atoms with Gasteiger partial charge in [-0.3, -0.25) is 19.2 Å². The summed E-state index contributed by atoms with van der Waals surface area (Å²) in [6.07, 6.45) is 4.63. The molecular formula is C44H61F2N9O4. The van der Waals surface area contributed by atoms with Gasteiger partial charge >= 0.3 is 0 Å². The van der Waals surface area contributed by atoms with Crippen molar-refractivity contribution >= 4 is 45.6 Å². The molecule has 0 unspecified atom stereocenters. The van der Waals surface area contributed by atoms with Crippen LogP contribution in [-0.4, -0.2) is 111 Å². The number of imidazole rings is 1. The van der Waals surface area contributed by atoms with Crippen molar-refractivity contribution in [1.82, 2.24) is 45.6 Å². The molecule has 59 heavy (non-hydrogen) atoms. The molecule has 5 N–H and O–H groups in total. The van der Waals surface area contributed by atoms with Gasteiger partial charge in [-0.25, -0.2) is 13.8 Å². The third-order valence-electron chi connectivity index (χ3n) is 12.2. The number of nitrogens with zero attached hydrogens (tertiary/aromatic N) is 4. The molecule has 4 heterocycles. The lowest BCUT2D eigenvalue weighted by atomic mass is 9.85. The second kappa shape index (κ2) is 18.2.